The molecule has 3 atom stereocenters. The minimum absolute atomic E-state index is 0.0548. The summed E-state index contributed by atoms with van der Waals surface area (Å²) in [6, 6.07) is 8.39. The maximum absolute atomic E-state index is 12.3. The molecule has 0 spiro atoms. The second-order valence-electron chi connectivity index (χ2n) is 6.38. The average Bonchev–Trinajstić information content (AvgIpc) is 2.52. The van der Waals surface area contributed by atoms with Crippen LogP contribution in [0, 0.1) is 5.92 Å². The molecular weight excluding hydrogens is 328 g/mol. The van der Waals surface area contributed by atoms with Crippen LogP contribution in [-0.2, 0) is 0 Å². The lowest BCUT2D eigenvalue weighted by atomic mass is 9.83. The van der Waals surface area contributed by atoms with E-state index < -0.39 is 0 Å². The van der Waals surface area contributed by atoms with Gasteiger partial charge in [-0.25, -0.2) is 0 Å². The third-order valence-corrected chi connectivity index (χ3v) is 5.53. The molecule has 2 aliphatic rings. The first-order chi connectivity index (χ1) is 10.2. The summed E-state index contributed by atoms with van der Waals surface area (Å²) in [5.74, 6) is 0.712. The van der Waals surface area contributed by atoms with Crippen LogP contribution in [0.5, 0.6) is 0 Å². The second kappa shape index (κ2) is 6.93. The monoisotopic (exact) mass is 351 g/mol. The fourth-order valence-electron chi connectivity index (χ4n) is 3.98. The van der Waals surface area contributed by atoms with E-state index in [9.17, 15) is 4.79 Å². The first-order valence-electron chi connectivity index (χ1n) is 8.12. The molecule has 3 nitrogen and oxygen atoms in total. The highest BCUT2D eigenvalue weighted by Crippen LogP contribution is 2.20. The van der Waals surface area contributed by atoms with E-state index in [0.29, 0.717) is 5.92 Å². The number of carbonyl (C=O) groups is 1. The molecule has 21 heavy (non-hydrogen) atoms. The Hall–Kier alpha value is -0.870. The third-order valence-electron chi connectivity index (χ3n) is 5.04. The molecule has 2 saturated heterocycles. The number of halogens is 1. The maximum atomic E-state index is 12.3. The van der Waals surface area contributed by atoms with Gasteiger partial charge in [0.05, 0.1) is 19.1 Å². The number of hydrogen-bond acceptors (Lipinski definition) is 1. The van der Waals surface area contributed by atoms with Crippen molar-refractivity contribution in [2.24, 2.45) is 5.92 Å². The summed E-state index contributed by atoms with van der Waals surface area (Å²) < 4.78 is 0.954. The zero-order chi connectivity index (χ0) is 14.7. The van der Waals surface area contributed by atoms with Crippen LogP contribution in [-0.4, -0.2) is 31.6 Å². The summed E-state index contributed by atoms with van der Waals surface area (Å²) in [6.45, 7) is 3.50. The van der Waals surface area contributed by atoms with Gasteiger partial charge < -0.3 is 10.2 Å². The smallest absolute Gasteiger partial charge is 0.251 e. The van der Waals surface area contributed by atoms with Crippen molar-refractivity contribution in [2.45, 2.75) is 38.1 Å². The number of nitrogens with one attached hydrogen (secondary N) is 2. The molecule has 2 fully saturated rings. The molecule has 1 unspecified atom stereocenters. The largest absolute Gasteiger partial charge is 0.352 e. The van der Waals surface area contributed by atoms with Crippen LogP contribution < -0.4 is 10.2 Å². The van der Waals surface area contributed by atoms with E-state index in [1.165, 1.54) is 45.2 Å². The van der Waals surface area contributed by atoms with Crippen LogP contribution >= 0.6 is 15.9 Å². The molecule has 0 aliphatic carbocycles. The number of quaternary nitrogens is 1. The zero-order valence-corrected chi connectivity index (χ0v) is 14.0. The standard InChI is InChI=1S/C17H23BrN2O/c18-15-7-3-5-13(11-15)17(21)19-12-14-6-4-10-20-9-2-1-8-16(14)20/h3,5,7,11,14,16H,1-2,4,6,8-10,12H2,(H,19,21)/p+1/t14-,16+/m0/s1. The third kappa shape index (κ3) is 3.67. The lowest BCUT2D eigenvalue weighted by Gasteiger charge is -2.41. The van der Waals surface area contributed by atoms with Crippen molar-refractivity contribution in [3.8, 4) is 0 Å². The number of amides is 1. The maximum Gasteiger partial charge on any atom is 0.251 e. The SMILES string of the molecule is O=C(NC[C@@H]1CCC[NH+]2CCCC[C@H]12)c1cccc(Br)c1. The molecule has 3 rings (SSSR count). The van der Waals surface area contributed by atoms with Crippen molar-refractivity contribution in [1.29, 1.82) is 0 Å². The highest BCUT2D eigenvalue weighted by atomic mass is 79.9. The molecule has 114 valence electrons. The van der Waals surface area contributed by atoms with Gasteiger partial charge in [-0.05, 0) is 50.3 Å². The van der Waals surface area contributed by atoms with Gasteiger partial charge in [-0.3, -0.25) is 4.79 Å². The molecule has 0 bridgehead atoms. The number of benzene rings is 1. The Balaban J connectivity index is 1.57. The van der Waals surface area contributed by atoms with Gasteiger partial charge in [0, 0.05) is 22.5 Å². The first kappa shape index (κ1) is 15.0. The topological polar surface area (TPSA) is 33.5 Å². The first-order valence-corrected chi connectivity index (χ1v) is 8.91. The molecule has 0 radical (unpaired) electrons. The number of piperidine rings is 2. The molecule has 2 heterocycles. The van der Waals surface area contributed by atoms with Gasteiger partial charge >= 0.3 is 0 Å². The van der Waals surface area contributed by atoms with Gasteiger partial charge in [-0.15, -0.1) is 0 Å². The number of hydrogen-bond donors (Lipinski definition) is 2. The van der Waals surface area contributed by atoms with E-state index in [4.69, 9.17) is 0 Å². The van der Waals surface area contributed by atoms with Gasteiger partial charge in [0.1, 0.15) is 0 Å². The summed E-state index contributed by atoms with van der Waals surface area (Å²) in [4.78, 5) is 14.0. The molecule has 0 aromatic heterocycles. The van der Waals surface area contributed by atoms with Gasteiger partial charge in [-0.1, -0.05) is 22.0 Å². The van der Waals surface area contributed by atoms with Crippen LogP contribution in [0.2, 0.25) is 0 Å². The summed E-state index contributed by atoms with van der Waals surface area (Å²) in [7, 11) is 0. The molecule has 0 saturated carbocycles. The lowest BCUT2D eigenvalue weighted by molar-refractivity contribution is -0.939. The molecule has 4 heteroatoms. The Morgan fingerprint density at radius 3 is 2.95 bits per heavy atom. The van der Waals surface area contributed by atoms with E-state index in [-0.39, 0.29) is 5.91 Å². The van der Waals surface area contributed by atoms with Gasteiger partial charge in [0.25, 0.3) is 5.91 Å². The van der Waals surface area contributed by atoms with E-state index in [1.807, 2.05) is 24.3 Å². The van der Waals surface area contributed by atoms with Crippen LogP contribution in [0.15, 0.2) is 28.7 Å². The molecule has 2 N–H and O–H groups in total. The van der Waals surface area contributed by atoms with Crippen LogP contribution in [0.25, 0.3) is 0 Å². The van der Waals surface area contributed by atoms with Crippen molar-refractivity contribution in [3.63, 3.8) is 0 Å². The van der Waals surface area contributed by atoms with E-state index in [2.05, 4.69) is 21.2 Å². The Labute approximate surface area is 135 Å². The van der Waals surface area contributed by atoms with Crippen LogP contribution in [0.1, 0.15) is 42.5 Å². The van der Waals surface area contributed by atoms with Crippen LogP contribution in [0.3, 0.4) is 0 Å². The normalized spacial score (nSPS) is 28.7. The van der Waals surface area contributed by atoms with Crippen molar-refractivity contribution in [1.82, 2.24) is 5.32 Å². The molecule has 2 aliphatic heterocycles. The van der Waals surface area contributed by atoms with Crippen molar-refractivity contribution >= 4 is 21.8 Å². The number of fused-ring (bicyclic) bond motifs is 1. The molecular formula is C17H24BrN2O+. The average molecular weight is 352 g/mol. The number of rotatable bonds is 3. The fourth-order valence-corrected chi connectivity index (χ4v) is 4.38. The van der Waals surface area contributed by atoms with Crippen molar-refractivity contribution < 1.29 is 9.69 Å². The highest BCUT2D eigenvalue weighted by Gasteiger charge is 2.36. The molecule has 1 aromatic rings. The Bertz CT molecular complexity index is 503. The minimum atomic E-state index is 0.0548. The summed E-state index contributed by atoms with van der Waals surface area (Å²) in [5, 5.41) is 3.16. The second-order valence-corrected chi connectivity index (χ2v) is 7.30. The van der Waals surface area contributed by atoms with Crippen molar-refractivity contribution in [2.75, 3.05) is 19.6 Å². The predicted molar refractivity (Wildman–Crippen MR) is 87.5 cm³/mol. The zero-order valence-electron chi connectivity index (χ0n) is 12.4. The summed E-state index contributed by atoms with van der Waals surface area (Å²) >= 11 is 3.42. The molecule has 1 amide bonds. The Morgan fingerprint density at radius 2 is 2.10 bits per heavy atom. The van der Waals surface area contributed by atoms with E-state index in [0.717, 1.165) is 22.6 Å². The predicted octanol–water partition coefficient (Wildman–Crippen LogP) is 2.03. The van der Waals surface area contributed by atoms with Gasteiger partial charge in [0.15, 0.2) is 0 Å². The van der Waals surface area contributed by atoms with Crippen LogP contribution in [0.4, 0.5) is 0 Å². The molecule has 1 aromatic carbocycles. The van der Waals surface area contributed by atoms with Gasteiger partial charge in [-0.2, -0.15) is 0 Å². The Kier molecular flexibility index (Phi) is 4.96. The highest BCUT2D eigenvalue weighted by molar-refractivity contribution is 9.10. The number of carbonyl (C=O) groups excluding carboxylic acids is 1. The quantitative estimate of drug-likeness (QED) is 0.858. The summed E-state index contributed by atoms with van der Waals surface area (Å²) in [6.07, 6.45) is 6.66. The van der Waals surface area contributed by atoms with Gasteiger partial charge in [0.2, 0.25) is 0 Å². The fraction of sp³-hybridized carbons (Fsp3) is 0.588. The van der Waals surface area contributed by atoms with Crippen molar-refractivity contribution in [3.05, 3.63) is 34.3 Å². The van der Waals surface area contributed by atoms with E-state index in [1.54, 1.807) is 4.90 Å². The van der Waals surface area contributed by atoms with E-state index >= 15 is 0 Å². The Morgan fingerprint density at radius 1 is 1.24 bits per heavy atom. The lowest BCUT2D eigenvalue weighted by Crippen LogP contribution is -3.18. The minimum Gasteiger partial charge on any atom is -0.352 e. The summed E-state index contributed by atoms with van der Waals surface area (Å²) in [5.41, 5.74) is 0.744.